The van der Waals surface area contributed by atoms with Crippen molar-refractivity contribution in [3.8, 4) is 17.6 Å². The summed E-state index contributed by atoms with van der Waals surface area (Å²) >= 11 is 0. The maximum atomic E-state index is 12.1. The van der Waals surface area contributed by atoms with Crippen molar-refractivity contribution in [3.63, 3.8) is 0 Å². The summed E-state index contributed by atoms with van der Waals surface area (Å²) in [6, 6.07) is 13.5. The van der Waals surface area contributed by atoms with E-state index in [1.165, 1.54) is 6.07 Å². The molecule has 0 atom stereocenters. The van der Waals surface area contributed by atoms with E-state index in [1.54, 1.807) is 36.4 Å². The SMILES string of the molecule is N#Cc1cccc(Oc2ccc3c(c2)S(=O)(=O)NCCN3)c1. The predicted octanol–water partition coefficient (Wildman–Crippen LogP) is 2.05. The van der Waals surface area contributed by atoms with Crippen LogP contribution in [0.15, 0.2) is 47.4 Å². The highest BCUT2D eigenvalue weighted by Gasteiger charge is 2.22. The lowest BCUT2D eigenvalue weighted by Crippen LogP contribution is -2.25. The van der Waals surface area contributed by atoms with Gasteiger partial charge in [-0.1, -0.05) is 6.07 Å². The molecule has 0 saturated carbocycles. The van der Waals surface area contributed by atoms with Gasteiger partial charge in [-0.25, -0.2) is 13.1 Å². The fourth-order valence-corrected chi connectivity index (χ4v) is 3.39. The normalized spacial score (nSPS) is 15.8. The Morgan fingerprint density at radius 2 is 1.91 bits per heavy atom. The summed E-state index contributed by atoms with van der Waals surface area (Å²) in [4.78, 5) is 0.152. The van der Waals surface area contributed by atoms with Crippen molar-refractivity contribution >= 4 is 15.7 Å². The number of anilines is 1. The van der Waals surface area contributed by atoms with Crippen LogP contribution in [-0.2, 0) is 10.0 Å². The lowest BCUT2D eigenvalue weighted by molar-refractivity contribution is 0.480. The molecule has 0 saturated heterocycles. The molecule has 6 nitrogen and oxygen atoms in total. The van der Waals surface area contributed by atoms with Crippen LogP contribution < -0.4 is 14.8 Å². The molecule has 0 fully saturated rings. The summed E-state index contributed by atoms with van der Waals surface area (Å²) in [5, 5.41) is 11.9. The molecule has 0 spiro atoms. The minimum Gasteiger partial charge on any atom is -0.457 e. The maximum Gasteiger partial charge on any atom is 0.242 e. The number of sulfonamides is 1. The van der Waals surface area contributed by atoms with Crippen LogP contribution in [0.25, 0.3) is 0 Å². The Kier molecular flexibility index (Phi) is 3.71. The number of fused-ring (bicyclic) bond motifs is 1. The van der Waals surface area contributed by atoms with E-state index < -0.39 is 10.0 Å². The number of rotatable bonds is 2. The van der Waals surface area contributed by atoms with E-state index in [9.17, 15) is 8.42 Å². The number of nitriles is 1. The summed E-state index contributed by atoms with van der Waals surface area (Å²) in [6.45, 7) is 0.855. The monoisotopic (exact) mass is 315 g/mol. The van der Waals surface area contributed by atoms with Gasteiger partial charge in [-0.15, -0.1) is 0 Å². The second kappa shape index (κ2) is 5.67. The zero-order valence-corrected chi connectivity index (χ0v) is 12.4. The largest absolute Gasteiger partial charge is 0.457 e. The van der Waals surface area contributed by atoms with Crippen LogP contribution in [0, 0.1) is 11.3 Å². The zero-order valence-electron chi connectivity index (χ0n) is 11.5. The highest BCUT2D eigenvalue weighted by molar-refractivity contribution is 7.89. The molecule has 1 aliphatic heterocycles. The van der Waals surface area contributed by atoms with E-state index in [4.69, 9.17) is 10.00 Å². The molecule has 0 aromatic heterocycles. The van der Waals surface area contributed by atoms with Gasteiger partial charge in [0.2, 0.25) is 10.0 Å². The molecule has 112 valence electrons. The summed E-state index contributed by atoms with van der Waals surface area (Å²) in [5.74, 6) is 0.869. The van der Waals surface area contributed by atoms with E-state index in [0.717, 1.165) is 0 Å². The lowest BCUT2D eigenvalue weighted by atomic mass is 10.2. The number of ether oxygens (including phenoxy) is 1. The molecule has 2 aromatic carbocycles. The van der Waals surface area contributed by atoms with Gasteiger partial charge in [-0.3, -0.25) is 0 Å². The summed E-state index contributed by atoms with van der Waals surface area (Å²) in [6.07, 6.45) is 0. The minimum atomic E-state index is -3.55. The van der Waals surface area contributed by atoms with Crippen molar-refractivity contribution in [2.24, 2.45) is 0 Å². The van der Waals surface area contributed by atoms with Crippen LogP contribution in [0.4, 0.5) is 5.69 Å². The highest BCUT2D eigenvalue weighted by Crippen LogP contribution is 2.30. The molecular weight excluding hydrogens is 302 g/mol. The smallest absolute Gasteiger partial charge is 0.242 e. The number of nitrogens with one attached hydrogen (secondary N) is 2. The predicted molar refractivity (Wildman–Crippen MR) is 81.4 cm³/mol. The number of hydrogen-bond donors (Lipinski definition) is 2. The highest BCUT2D eigenvalue weighted by atomic mass is 32.2. The lowest BCUT2D eigenvalue weighted by Gasteiger charge is -2.11. The fraction of sp³-hybridized carbons (Fsp3) is 0.133. The molecular formula is C15H13N3O3S. The first-order valence-electron chi connectivity index (χ1n) is 6.64. The van der Waals surface area contributed by atoms with Crippen molar-refractivity contribution in [1.29, 1.82) is 5.26 Å². The Morgan fingerprint density at radius 3 is 2.73 bits per heavy atom. The average molecular weight is 315 g/mol. The minimum absolute atomic E-state index is 0.152. The van der Waals surface area contributed by atoms with Gasteiger partial charge in [0.1, 0.15) is 16.4 Å². The molecule has 2 N–H and O–H groups in total. The first-order chi connectivity index (χ1) is 10.6. The van der Waals surface area contributed by atoms with E-state index in [-0.39, 0.29) is 4.90 Å². The summed E-state index contributed by atoms with van der Waals surface area (Å²) in [5.41, 5.74) is 1.02. The Bertz CT molecular complexity index is 857. The quantitative estimate of drug-likeness (QED) is 0.885. The second-order valence-corrected chi connectivity index (χ2v) is 6.46. The number of nitrogens with zero attached hydrogens (tertiary/aromatic N) is 1. The Balaban J connectivity index is 1.96. The third-order valence-electron chi connectivity index (χ3n) is 3.17. The van der Waals surface area contributed by atoms with Gasteiger partial charge in [0, 0.05) is 19.2 Å². The van der Waals surface area contributed by atoms with Crippen LogP contribution in [-0.4, -0.2) is 21.5 Å². The van der Waals surface area contributed by atoms with Crippen LogP contribution in [0.2, 0.25) is 0 Å². The Labute approximate surface area is 128 Å². The average Bonchev–Trinajstić information content (AvgIpc) is 2.66. The molecule has 3 rings (SSSR count). The Hall–Kier alpha value is -2.56. The molecule has 1 heterocycles. The van der Waals surface area contributed by atoms with E-state index >= 15 is 0 Å². The summed E-state index contributed by atoms with van der Waals surface area (Å²) < 4.78 is 32.4. The van der Waals surface area contributed by atoms with Gasteiger partial charge < -0.3 is 10.1 Å². The molecule has 0 amide bonds. The first kappa shape index (κ1) is 14.4. The van der Waals surface area contributed by atoms with Crippen molar-refractivity contribution < 1.29 is 13.2 Å². The topological polar surface area (TPSA) is 91.2 Å². The number of benzene rings is 2. The molecule has 2 aromatic rings. The molecule has 0 unspecified atom stereocenters. The van der Waals surface area contributed by atoms with Crippen molar-refractivity contribution in [3.05, 3.63) is 48.0 Å². The van der Waals surface area contributed by atoms with Crippen molar-refractivity contribution in [2.75, 3.05) is 18.4 Å². The van der Waals surface area contributed by atoms with Gasteiger partial charge in [0.05, 0.1) is 17.3 Å². The number of hydrogen-bond acceptors (Lipinski definition) is 5. The van der Waals surface area contributed by atoms with E-state index in [0.29, 0.717) is 35.8 Å². The van der Waals surface area contributed by atoms with Crippen LogP contribution in [0.1, 0.15) is 5.56 Å². The van der Waals surface area contributed by atoms with Crippen molar-refractivity contribution in [2.45, 2.75) is 4.90 Å². The van der Waals surface area contributed by atoms with Gasteiger partial charge in [0.25, 0.3) is 0 Å². The fourth-order valence-electron chi connectivity index (χ4n) is 2.16. The third kappa shape index (κ3) is 2.88. The van der Waals surface area contributed by atoms with Gasteiger partial charge in [-0.05, 0) is 30.3 Å². The van der Waals surface area contributed by atoms with Gasteiger partial charge in [0.15, 0.2) is 0 Å². The molecule has 7 heteroatoms. The Morgan fingerprint density at radius 1 is 1.09 bits per heavy atom. The van der Waals surface area contributed by atoms with Crippen LogP contribution in [0.5, 0.6) is 11.5 Å². The molecule has 1 aliphatic rings. The van der Waals surface area contributed by atoms with Crippen LogP contribution >= 0.6 is 0 Å². The van der Waals surface area contributed by atoms with E-state index in [1.807, 2.05) is 6.07 Å². The zero-order chi connectivity index (χ0) is 15.6. The summed E-state index contributed by atoms with van der Waals surface area (Å²) in [7, 11) is -3.55. The molecule has 22 heavy (non-hydrogen) atoms. The van der Waals surface area contributed by atoms with E-state index in [2.05, 4.69) is 10.0 Å². The molecule has 0 bridgehead atoms. The molecule has 0 radical (unpaired) electrons. The second-order valence-electron chi connectivity index (χ2n) is 4.72. The standard InChI is InChI=1S/C15H13N3O3S/c16-10-11-2-1-3-12(8-11)21-13-4-5-14-15(9-13)22(19,20)18-7-6-17-14/h1-5,8-9,17-18H,6-7H2. The van der Waals surface area contributed by atoms with Crippen LogP contribution in [0.3, 0.4) is 0 Å². The third-order valence-corrected chi connectivity index (χ3v) is 4.67. The van der Waals surface area contributed by atoms with Gasteiger partial charge in [-0.2, -0.15) is 5.26 Å². The molecule has 0 aliphatic carbocycles. The first-order valence-corrected chi connectivity index (χ1v) is 8.12. The van der Waals surface area contributed by atoms with Crippen molar-refractivity contribution in [1.82, 2.24) is 4.72 Å². The maximum absolute atomic E-state index is 12.1. The van der Waals surface area contributed by atoms with Gasteiger partial charge >= 0.3 is 0 Å².